The number of likely N-dealkylation sites (N-methyl/N-ethyl adjacent to an activating group) is 1. The lowest BCUT2D eigenvalue weighted by molar-refractivity contribution is -0.171. The molecule has 35 nitrogen and oxygen atoms in total. The van der Waals surface area contributed by atoms with Gasteiger partial charge in [-0.2, -0.15) is 0 Å². The third-order valence-corrected chi connectivity index (χ3v) is 19.4. The first kappa shape index (κ1) is 75.5. The van der Waals surface area contributed by atoms with Gasteiger partial charge in [0.05, 0.1) is 56.4 Å². The smallest absolute Gasteiger partial charge is 0.442 e. The molecule has 38 heteroatoms. The lowest BCUT2D eigenvalue weighted by Crippen LogP contribution is -2.38. The number of cyclic esters (lactones) is 1. The van der Waals surface area contributed by atoms with Crippen molar-refractivity contribution in [3.8, 4) is 34.1 Å². The molecule has 4 aliphatic rings. The summed E-state index contributed by atoms with van der Waals surface area (Å²) in [6.45, 7) is 0.191. The molecular formula is C65H75N13O22P2S. The minimum absolute atomic E-state index is 0.0677. The van der Waals surface area contributed by atoms with Crippen molar-refractivity contribution in [3.63, 3.8) is 0 Å². The van der Waals surface area contributed by atoms with Gasteiger partial charge in [0.15, 0.2) is 6.23 Å². The van der Waals surface area contributed by atoms with Crippen LogP contribution in [0.3, 0.4) is 0 Å². The number of carbonyl (C=O) groups is 4. The molecule has 12 atom stereocenters. The standard InChI is InChI=1S/C65H75N13O22P2S/c1-74(2)24-22-67-21-18-52(81)69-28-53(82)68-20-6-9-43-30-77(64(86)72-61(43)84)55-27-48(51(97-55)36-94-103)100-102(90,91)93-35-50-47(26-56(96-50)78-32-45(62(85)73-65(78)87)41-12-10-39(33-79)11-13-41)99-101(88,89)92-34-49-46(80)25-54(95-49)76-31-44(58-59(66)70-37-71-60(58)76)40-14-16-42(17-15-40)63-75(23-19-57(83)98-63)29-38-7-4-3-5-8-38/h3-5,7-8,10-17,30-33,37,46-51,54-56,63,67,80,103H,18-29,34-36H2,1-2H3,(H,68,82)(H,69,81)(H,88,89)(H,90,91)(H2,66,70,71)(H,72,84,86)(H,73,85,87)/t46-,47-,48-,49+,50+,51+,54+,55+,56+,63?/m0/s1. The first-order valence-electron chi connectivity index (χ1n) is 32.5. The Bertz CT molecular complexity index is 4630. The number of nitrogens with one attached hydrogen (secondary N) is 5. The van der Waals surface area contributed by atoms with Crippen molar-refractivity contribution in [1.82, 2.24) is 59.4 Å². The topological polar surface area (TPSA) is 455 Å². The van der Waals surface area contributed by atoms with Crippen molar-refractivity contribution in [3.05, 3.63) is 168 Å². The zero-order chi connectivity index (χ0) is 73.1. The molecule has 3 aromatic carbocycles. The van der Waals surface area contributed by atoms with Crippen molar-refractivity contribution < 1.29 is 84.4 Å². The third kappa shape index (κ3) is 19.2. The van der Waals surface area contributed by atoms with Gasteiger partial charge in [0, 0.05) is 93.7 Å². The molecule has 4 aromatic heterocycles. The van der Waals surface area contributed by atoms with E-state index in [1.165, 1.54) is 30.6 Å². The number of phosphoric ester groups is 2. The lowest BCUT2D eigenvalue weighted by Gasteiger charge is -2.35. The molecule has 11 rings (SSSR count). The zero-order valence-corrected chi connectivity index (χ0v) is 58.1. The van der Waals surface area contributed by atoms with Gasteiger partial charge in [-0.25, -0.2) is 28.7 Å². The number of anilines is 1. The normalized spacial score (nSPS) is 23.2. The van der Waals surface area contributed by atoms with Crippen molar-refractivity contribution in [2.75, 3.05) is 78.9 Å². The molecule has 8 heterocycles. The summed E-state index contributed by atoms with van der Waals surface area (Å²) < 4.78 is 83.2. The van der Waals surface area contributed by atoms with Crippen LogP contribution < -0.4 is 44.2 Å². The number of esters is 1. The van der Waals surface area contributed by atoms with E-state index in [0.29, 0.717) is 54.6 Å². The Hall–Kier alpha value is -8.67. The summed E-state index contributed by atoms with van der Waals surface area (Å²) in [7, 11) is -6.79. The summed E-state index contributed by atoms with van der Waals surface area (Å²) in [5, 5.41) is 20.0. The molecule has 0 saturated carbocycles. The molecule has 0 radical (unpaired) electrons. The van der Waals surface area contributed by atoms with E-state index in [2.05, 4.69) is 65.5 Å². The molecule has 0 bridgehead atoms. The fourth-order valence-electron chi connectivity index (χ4n) is 12.0. The number of ether oxygens (including phenoxy) is 4. The fraction of sp³-hybridized carbons (Fsp3) is 0.415. The number of aliphatic hydroxyl groups excluding tert-OH is 1. The van der Waals surface area contributed by atoms with Crippen molar-refractivity contribution in [1.29, 1.82) is 0 Å². The minimum Gasteiger partial charge on any atom is -0.442 e. The van der Waals surface area contributed by atoms with E-state index in [9.17, 15) is 62.4 Å². The van der Waals surface area contributed by atoms with Gasteiger partial charge in [-0.15, -0.1) is 0 Å². The summed E-state index contributed by atoms with van der Waals surface area (Å²) in [6, 6.07) is 23.0. The summed E-state index contributed by atoms with van der Waals surface area (Å²) in [5.41, 5.74) is 6.41. The van der Waals surface area contributed by atoms with Crippen LogP contribution in [0, 0.1) is 11.8 Å². The molecule has 2 amide bonds. The zero-order valence-electron chi connectivity index (χ0n) is 55.4. The van der Waals surface area contributed by atoms with Gasteiger partial charge in [-0.3, -0.25) is 70.9 Å². The predicted molar refractivity (Wildman–Crippen MR) is 368 cm³/mol. The average molecular weight is 1480 g/mol. The van der Waals surface area contributed by atoms with Gasteiger partial charge in [0.2, 0.25) is 11.8 Å². The van der Waals surface area contributed by atoms with Crippen molar-refractivity contribution >= 4 is 69.5 Å². The van der Waals surface area contributed by atoms with Crippen LogP contribution in [-0.4, -0.2) is 192 Å². The number of thiol groups is 1. The van der Waals surface area contributed by atoms with Crippen LogP contribution in [-0.2, 0) is 71.3 Å². The molecule has 4 fully saturated rings. The molecule has 10 N–H and O–H groups in total. The highest BCUT2D eigenvalue weighted by atomic mass is 32.1. The van der Waals surface area contributed by atoms with Crippen LogP contribution in [0.5, 0.6) is 0 Å². The second kappa shape index (κ2) is 33.8. The third-order valence-electron chi connectivity index (χ3n) is 17.2. The van der Waals surface area contributed by atoms with E-state index in [4.69, 9.17) is 47.0 Å². The highest BCUT2D eigenvalue weighted by Gasteiger charge is 2.47. The summed E-state index contributed by atoms with van der Waals surface area (Å²) in [6.07, 6.45) is -7.68. The van der Waals surface area contributed by atoms with Gasteiger partial charge in [0.25, 0.3) is 11.1 Å². The summed E-state index contributed by atoms with van der Waals surface area (Å²) >= 11 is 3.81. The van der Waals surface area contributed by atoms with E-state index in [-0.39, 0.29) is 78.7 Å². The van der Waals surface area contributed by atoms with Crippen LogP contribution in [0.4, 0.5) is 5.82 Å². The van der Waals surface area contributed by atoms with Crippen LogP contribution in [0.25, 0.3) is 33.3 Å². The van der Waals surface area contributed by atoms with Crippen molar-refractivity contribution in [2.45, 2.75) is 100 Å². The number of fused-ring (bicyclic) bond motifs is 1. The number of aliphatic hydroxyl groups is 1. The highest BCUT2D eigenvalue weighted by Crippen LogP contribution is 2.52. The van der Waals surface area contributed by atoms with E-state index < -0.39 is 132 Å². The van der Waals surface area contributed by atoms with Gasteiger partial charge in [-0.1, -0.05) is 90.7 Å². The van der Waals surface area contributed by atoms with Crippen LogP contribution in [0.15, 0.2) is 123 Å². The molecule has 0 aliphatic carbocycles. The molecule has 0 spiro atoms. The number of H-pyrrole nitrogens is 2. The van der Waals surface area contributed by atoms with Gasteiger partial charge in [0.1, 0.15) is 78.8 Å². The number of benzene rings is 3. The average Bonchev–Trinajstić information content (AvgIpc) is 1.60. The first-order valence-corrected chi connectivity index (χ1v) is 35.8. The molecule has 4 saturated heterocycles. The maximum Gasteiger partial charge on any atom is 0.472 e. The Balaban J connectivity index is 0.754. The number of aldehydes is 1. The minimum atomic E-state index is -5.32. The second-order valence-electron chi connectivity index (χ2n) is 24.7. The molecule has 3 unspecified atom stereocenters. The first-order chi connectivity index (χ1) is 49.4. The molecule has 4 aliphatic heterocycles. The monoisotopic (exact) mass is 1480 g/mol. The largest absolute Gasteiger partial charge is 0.472 e. The van der Waals surface area contributed by atoms with Crippen LogP contribution in [0.1, 0.15) is 84.1 Å². The number of nitrogens with zero attached hydrogens (tertiary/aromatic N) is 7. The summed E-state index contributed by atoms with van der Waals surface area (Å²) in [5.74, 6) is 4.07. The Morgan fingerprint density at radius 3 is 2.04 bits per heavy atom. The van der Waals surface area contributed by atoms with E-state index in [1.807, 2.05) is 73.6 Å². The number of aromatic amines is 2. The number of hydrogen-bond acceptors (Lipinski definition) is 27. The SMILES string of the molecule is CN(C)CCNCCC(=O)NCC(=O)NCC#Cc1cn([C@H]2C[C@H](OP(=O)(O)OC[C@H]3O[C@@H](n4cc(-c5ccc(C=O)cc5)c(=O)[nH]c4=O)C[C@@H]3OP(=O)(O)OC[C@H]3O[C@@H](n4cc(-c5ccc(C6OC(=O)CCN6Cc6ccccc6)cc5)c5c(N)ncnc54)C[C@@H]3O)[C@@H](COS)O2)c(=O)[nH]c1=O. The summed E-state index contributed by atoms with van der Waals surface area (Å²) in [4.78, 5) is 141. The number of nitrogen functional groups attached to an aromatic ring is 1. The Labute approximate surface area is 591 Å². The predicted octanol–water partition coefficient (Wildman–Crippen LogP) is 1.92. The van der Waals surface area contributed by atoms with E-state index >= 15 is 0 Å². The second-order valence-corrected chi connectivity index (χ2v) is 27.7. The van der Waals surface area contributed by atoms with E-state index in [1.54, 1.807) is 10.8 Å². The number of nitrogens with two attached hydrogens (primary N) is 1. The lowest BCUT2D eigenvalue weighted by atomic mass is 10.0. The highest BCUT2D eigenvalue weighted by molar-refractivity contribution is 7.75. The number of amides is 2. The molecule has 7 aromatic rings. The Morgan fingerprint density at radius 2 is 1.37 bits per heavy atom. The van der Waals surface area contributed by atoms with E-state index in [0.717, 1.165) is 39.2 Å². The van der Waals surface area contributed by atoms with Gasteiger partial charge in [-0.05, 0) is 43.7 Å². The molecule has 103 heavy (non-hydrogen) atoms. The quantitative estimate of drug-likeness (QED) is 0.00585. The van der Waals surface area contributed by atoms with Gasteiger partial charge >= 0.3 is 33.0 Å². The number of rotatable bonds is 30. The maximum absolute atomic E-state index is 14.1. The number of aromatic nitrogens is 7. The van der Waals surface area contributed by atoms with Gasteiger partial charge < -0.3 is 69.2 Å². The fourth-order valence-corrected chi connectivity index (χ4v) is 14.1. The van der Waals surface area contributed by atoms with Crippen LogP contribution >= 0.6 is 28.6 Å². The number of carbonyl (C=O) groups excluding carboxylic acids is 4. The maximum atomic E-state index is 14.1. The molecule has 548 valence electrons. The molecular weight excluding hydrogens is 1410 g/mol. The van der Waals surface area contributed by atoms with Crippen molar-refractivity contribution in [2.24, 2.45) is 0 Å². The Morgan fingerprint density at radius 1 is 0.757 bits per heavy atom. The van der Waals surface area contributed by atoms with Crippen LogP contribution in [0.2, 0.25) is 0 Å². The number of phosphoric acid groups is 2. The number of hydrogen-bond donors (Lipinski definition) is 10. The Kier molecular flexibility index (Phi) is 24.8.